The van der Waals surface area contributed by atoms with Gasteiger partial charge in [0, 0.05) is 29.5 Å². The van der Waals surface area contributed by atoms with E-state index < -0.39 is 11.8 Å². The Bertz CT molecular complexity index is 1710. The molecule has 1 aromatic heterocycles. The summed E-state index contributed by atoms with van der Waals surface area (Å²) in [6, 6.07) is 15.2. The molecule has 3 aromatic carbocycles. The highest BCUT2D eigenvalue weighted by atomic mass is 35.5. The van der Waals surface area contributed by atoms with Crippen molar-refractivity contribution in [3.63, 3.8) is 0 Å². The average molecular weight is 582 g/mol. The highest BCUT2D eigenvalue weighted by Gasteiger charge is 2.32. The number of anilines is 3. The third-order valence-electron chi connectivity index (χ3n) is 6.46. The van der Waals surface area contributed by atoms with Gasteiger partial charge in [-0.15, -0.1) is 5.53 Å². The van der Waals surface area contributed by atoms with E-state index in [-0.39, 0.29) is 5.56 Å². The Balaban J connectivity index is 1.47. The van der Waals surface area contributed by atoms with Crippen LogP contribution >= 0.6 is 34.8 Å². The van der Waals surface area contributed by atoms with Crippen LogP contribution in [0.5, 0.6) is 0 Å². The maximum atomic E-state index is 13.8. The molecule has 1 atom stereocenters. The Morgan fingerprint density at radius 1 is 1.13 bits per heavy atom. The standard InChI is InChI=1S/C28H21Cl3FN7/c29-21-2-1-3-23(25(21)31)36-26-16(12-33)13-34-28-20(26)10-18(11-22(28)30)35-27(15-4-6-17(32)7-5-15)24-14-39(38-37-24)19-8-9-19/h1-7,10-11,13-14,19,27,35,37-38H,8-9H2,(H,34,36)/i27D. The molecular formula is C28H21Cl3FN7. The van der Waals surface area contributed by atoms with E-state index in [1.165, 1.54) is 18.3 Å². The Morgan fingerprint density at radius 2 is 1.92 bits per heavy atom. The first-order valence-corrected chi connectivity index (χ1v) is 13.2. The number of hydrazine groups is 2. The molecule has 4 aromatic rings. The van der Waals surface area contributed by atoms with Crippen molar-refractivity contribution in [2.24, 2.45) is 0 Å². The van der Waals surface area contributed by atoms with Gasteiger partial charge < -0.3 is 16.1 Å². The molecule has 4 N–H and O–H groups in total. The van der Waals surface area contributed by atoms with Gasteiger partial charge in [0.05, 0.1) is 50.6 Å². The van der Waals surface area contributed by atoms with Gasteiger partial charge in [0.1, 0.15) is 11.9 Å². The fourth-order valence-electron chi connectivity index (χ4n) is 4.35. The summed E-state index contributed by atoms with van der Waals surface area (Å²) in [7, 11) is 0. The van der Waals surface area contributed by atoms with E-state index in [0.717, 1.165) is 12.8 Å². The molecular weight excluding hydrogens is 560 g/mol. The summed E-state index contributed by atoms with van der Waals surface area (Å²) >= 11 is 19.3. The molecule has 39 heavy (non-hydrogen) atoms. The molecule has 7 nitrogen and oxygen atoms in total. The van der Waals surface area contributed by atoms with Crippen LogP contribution in [0, 0.1) is 17.1 Å². The van der Waals surface area contributed by atoms with Crippen LogP contribution in [0.25, 0.3) is 10.9 Å². The van der Waals surface area contributed by atoms with Crippen LogP contribution < -0.4 is 21.6 Å². The number of hydrogen-bond donors (Lipinski definition) is 4. The number of hydrogen-bond acceptors (Lipinski definition) is 7. The Hall–Kier alpha value is -3.74. The Morgan fingerprint density at radius 3 is 2.67 bits per heavy atom. The topological polar surface area (TPSA) is 88.0 Å². The molecule has 11 heteroatoms. The molecule has 1 fully saturated rings. The van der Waals surface area contributed by atoms with Crippen LogP contribution in [-0.4, -0.2) is 16.0 Å². The second-order valence-electron chi connectivity index (χ2n) is 9.16. The van der Waals surface area contributed by atoms with Crippen LogP contribution in [0.15, 0.2) is 72.7 Å². The average Bonchev–Trinajstić information content (AvgIpc) is 3.67. The van der Waals surface area contributed by atoms with Gasteiger partial charge >= 0.3 is 0 Å². The smallest absolute Gasteiger partial charge is 0.123 e. The minimum atomic E-state index is -1.56. The molecule has 1 aliphatic carbocycles. The van der Waals surface area contributed by atoms with E-state index in [4.69, 9.17) is 34.8 Å². The summed E-state index contributed by atoms with van der Waals surface area (Å²) in [6.45, 7) is 0. The zero-order chi connectivity index (χ0) is 28.0. The molecule has 1 saturated carbocycles. The third kappa shape index (κ3) is 5.14. The number of pyridine rings is 1. The number of rotatable bonds is 7. The van der Waals surface area contributed by atoms with Crippen LogP contribution in [0.4, 0.5) is 21.5 Å². The van der Waals surface area contributed by atoms with Gasteiger partial charge in [-0.25, -0.2) is 4.39 Å². The number of nitriles is 1. The molecule has 2 aliphatic rings. The van der Waals surface area contributed by atoms with Gasteiger partial charge in [0.25, 0.3) is 0 Å². The van der Waals surface area contributed by atoms with Crippen LogP contribution in [-0.2, 0) is 0 Å². The molecule has 0 spiro atoms. The second kappa shape index (κ2) is 10.4. The summed E-state index contributed by atoms with van der Waals surface area (Å²) in [5.74, 6) is -0.406. The molecule has 0 bridgehead atoms. The van der Waals surface area contributed by atoms with Crippen molar-refractivity contribution in [2.45, 2.75) is 24.9 Å². The lowest BCUT2D eigenvalue weighted by atomic mass is 10.0. The molecule has 2 heterocycles. The number of nitrogens with one attached hydrogen (secondary N) is 4. The van der Waals surface area contributed by atoms with E-state index in [1.54, 1.807) is 42.5 Å². The van der Waals surface area contributed by atoms with Crippen molar-refractivity contribution in [2.75, 3.05) is 10.6 Å². The first-order chi connectivity index (χ1) is 19.3. The molecule has 6 rings (SSSR count). The largest absolute Gasteiger partial charge is 0.373 e. The Kier molecular flexibility index (Phi) is 6.51. The lowest BCUT2D eigenvalue weighted by Crippen LogP contribution is -2.38. The number of fused-ring (bicyclic) bond motifs is 1. The molecule has 0 saturated heterocycles. The summed E-state index contributed by atoms with van der Waals surface area (Å²) in [5, 5.41) is 19.8. The van der Waals surface area contributed by atoms with Crippen molar-refractivity contribution >= 4 is 62.8 Å². The third-order valence-corrected chi connectivity index (χ3v) is 7.56. The second-order valence-corrected chi connectivity index (χ2v) is 10.4. The van der Waals surface area contributed by atoms with Gasteiger partial charge in [-0.3, -0.25) is 9.99 Å². The summed E-state index contributed by atoms with van der Waals surface area (Å²) in [6.07, 6.45) is 5.37. The Labute approximate surface area is 240 Å². The predicted octanol–water partition coefficient (Wildman–Crippen LogP) is 7.43. The summed E-state index contributed by atoms with van der Waals surface area (Å²) < 4.78 is 23.4. The minimum absolute atomic E-state index is 0.261. The highest BCUT2D eigenvalue weighted by Crippen LogP contribution is 2.39. The number of benzene rings is 3. The highest BCUT2D eigenvalue weighted by molar-refractivity contribution is 6.43. The SMILES string of the molecule is [2H]C(Nc1cc(Cl)c2ncc(C#N)c(Nc3cccc(Cl)c3Cl)c2c1)(C1=CN(C2CC2)NN1)c1ccc(F)cc1. The molecule has 0 amide bonds. The molecule has 196 valence electrons. The van der Waals surface area contributed by atoms with Crippen molar-refractivity contribution < 1.29 is 5.76 Å². The number of nitrogens with zero attached hydrogens (tertiary/aromatic N) is 3. The van der Waals surface area contributed by atoms with E-state index in [0.29, 0.717) is 60.3 Å². The minimum Gasteiger partial charge on any atom is -0.373 e. The van der Waals surface area contributed by atoms with Gasteiger partial charge in [-0.05, 0) is 54.8 Å². The summed E-state index contributed by atoms with van der Waals surface area (Å²) in [5.41, 5.74) is 9.31. The first kappa shape index (κ1) is 24.3. The fraction of sp³-hybridized carbons (Fsp3) is 0.143. The maximum Gasteiger partial charge on any atom is 0.123 e. The zero-order valence-corrected chi connectivity index (χ0v) is 22.5. The predicted molar refractivity (Wildman–Crippen MR) is 153 cm³/mol. The number of halogens is 4. The van der Waals surface area contributed by atoms with Crippen LogP contribution in [0.3, 0.4) is 0 Å². The fourth-order valence-corrected chi connectivity index (χ4v) is 4.96. The number of aromatic nitrogens is 1. The van der Waals surface area contributed by atoms with Gasteiger partial charge in [0.15, 0.2) is 0 Å². The van der Waals surface area contributed by atoms with Gasteiger partial charge in [0.2, 0.25) is 0 Å². The lowest BCUT2D eigenvalue weighted by Gasteiger charge is -2.22. The monoisotopic (exact) mass is 580 g/mol. The molecule has 1 unspecified atom stereocenters. The summed E-state index contributed by atoms with van der Waals surface area (Å²) in [4.78, 5) is 4.40. The van der Waals surface area contributed by atoms with E-state index in [9.17, 15) is 11.0 Å². The quantitative estimate of drug-likeness (QED) is 0.180. The van der Waals surface area contributed by atoms with Crippen LogP contribution in [0.1, 0.15) is 31.4 Å². The normalized spacial score (nSPS) is 16.6. The van der Waals surface area contributed by atoms with Crippen molar-refractivity contribution in [3.8, 4) is 6.07 Å². The lowest BCUT2D eigenvalue weighted by molar-refractivity contribution is 0.260. The first-order valence-electron chi connectivity index (χ1n) is 12.6. The van der Waals surface area contributed by atoms with E-state index >= 15 is 0 Å². The van der Waals surface area contributed by atoms with Crippen molar-refractivity contribution in [3.05, 3.63) is 105 Å². The maximum absolute atomic E-state index is 13.8. The zero-order valence-electron chi connectivity index (χ0n) is 21.2. The van der Waals surface area contributed by atoms with E-state index in [1.807, 2.05) is 11.2 Å². The van der Waals surface area contributed by atoms with E-state index in [2.05, 4.69) is 32.6 Å². The van der Waals surface area contributed by atoms with Crippen molar-refractivity contribution in [1.82, 2.24) is 21.0 Å². The molecule has 1 aliphatic heterocycles. The van der Waals surface area contributed by atoms with Crippen molar-refractivity contribution in [1.29, 1.82) is 5.26 Å². The molecule has 0 radical (unpaired) electrons. The van der Waals surface area contributed by atoms with Gasteiger partial charge in [-0.2, -0.15) is 5.26 Å². The van der Waals surface area contributed by atoms with Crippen LogP contribution in [0.2, 0.25) is 15.1 Å². The van der Waals surface area contributed by atoms with Gasteiger partial charge in [-0.1, -0.05) is 53.0 Å².